The lowest BCUT2D eigenvalue weighted by Crippen LogP contribution is -2.46. The van der Waals surface area contributed by atoms with E-state index in [4.69, 9.17) is 0 Å². The minimum absolute atomic E-state index is 0.103. The summed E-state index contributed by atoms with van der Waals surface area (Å²) >= 11 is 0. The number of carbonyl (C=O) groups is 1. The zero-order valence-electron chi connectivity index (χ0n) is 15.4. The van der Waals surface area contributed by atoms with Crippen LogP contribution in [0.1, 0.15) is 37.7 Å². The number of piperidine rings is 2. The molecule has 2 aliphatic heterocycles. The first kappa shape index (κ1) is 19.3. The molecule has 144 valence electrons. The van der Waals surface area contributed by atoms with E-state index in [1.165, 1.54) is 31.4 Å². The minimum Gasteiger partial charge on any atom is -0.385 e. The highest BCUT2D eigenvalue weighted by Gasteiger charge is 2.33. The SMILES string of the molecule is O=C(CN1CCCCC1)NCCN1CCC(O)(c2ccc(F)cc2)CC1. The molecule has 0 unspecified atom stereocenters. The lowest BCUT2D eigenvalue weighted by Gasteiger charge is -2.38. The molecule has 5 nitrogen and oxygen atoms in total. The predicted molar refractivity (Wildman–Crippen MR) is 99.3 cm³/mol. The first-order valence-electron chi connectivity index (χ1n) is 9.75. The summed E-state index contributed by atoms with van der Waals surface area (Å²) < 4.78 is 13.1. The van der Waals surface area contributed by atoms with Crippen molar-refractivity contribution in [2.45, 2.75) is 37.7 Å². The van der Waals surface area contributed by atoms with Gasteiger partial charge in [0.1, 0.15) is 5.82 Å². The van der Waals surface area contributed by atoms with Crippen LogP contribution in [-0.2, 0) is 10.4 Å². The van der Waals surface area contributed by atoms with E-state index in [0.717, 1.165) is 38.3 Å². The van der Waals surface area contributed by atoms with Crippen LogP contribution in [-0.4, -0.2) is 66.6 Å². The van der Waals surface area contributed by atoms with Gasteiger partial charge < -0.3 is 15.3 Å². The summed E-state index contributed by atoms with van der Waals surface area (Å²) in [7, 11) is 0. The van der Waals surface area contributed by atoms with Gasteiger partial charge in [-0.1, -0.05) is 18.6 Å². The standard InChI is InChI=1S/C20H30FN3O2/c21-18-6-4-17(5-7-18)20(26)8-13-23(14-9-20)15-10-22-19(25)16-24-11-2-1-3-12-24/h4-7,26H,1-3,8-16H2,(H,22,25). The molecule has 0 bridgehead atoms. The van der Waals surface area contributed by atoms with Gasteiger partial charge >= 0.3 is 0 Å². The average Bonchev–Trinajstić information content (AvgIpc) is 2.65. The quantitative estimate of drug-likeness (QED) is 0.808. The normalized spacial score (nSPS) is 21.5. The van der Waals surface area contributed by atoms with Gasteiger partial charge in [0.25, 0.3) is 0 Å². The third-order valence-corrected chi connectivity index (χ3v) is 5.63. The molecule has 1 amide bonds. The first-order chi connectivity index (χ1) is 12.5. The maximum Gasteiger partial charge on any atom is 0.234 e. The van der Waals surface area contributed by atoms with E-state index in [-0.39, 0.29) is 11.7 Å². The van der Waals surface area contributed by atoms with Crippen molar-refractivity contribution in [1.82, 2.24) is 15.1 Å². The van der Waals surface area contributed by atoms with Crippen LogP contribution >= 0.6 is 0 Å². The Balaban J connectivity index is 1.36. The van der Waals surface area contributed by atoms with Gasteiger partial charge in [0.2, 0.25) is 5.91 Å². The Hall–Kier alpha value is -1.50. The van der Waals surface area contributed by atoms with E-state index in [9.17, 15) is 14.3 Å². The van der Waals surface area contributed by atoms with Crippen molar-refractivity contribution in [1.29, 1.82) is 0 Å². The highest BCUT2D eigenvalue weighted by molar-refractivity contribution is 5.78. The number of halogens is 1. The van der Waals surface area contributed by atoms with Crippen LogP contribution in [0.15, 0.2) is 24.3 Å². The molecule has 0 spiro atoms. The number of benzene rings is 1. The van der Waals surface area contributed by atoms with E-state index >= 15 is 0 Å². The van der Waals surface area contributed by atoms with Crippen LogP contribution in [0, 0.1) is 5.82 Å². The molecule has 2 fully saturated rings. The number of carbonyl (C=O) groups excluding carboxylic acids is 1. The van der Waals surface area contributed by atoms with Crippen LogP contribution in [0.5, 0.6) is 0 Å². The van der Waals surface area contributed by atoms with E-state index in [0.29, 0.717) is 25.9 Å². The van der Waals surface area contributed by atoms with Gasteiger partial charge in [0.15, 0.2) is 0 Å². The number of nitrogens with one attached hydrogen (secondary N) is 1. The van der Waals surface area contributed by atoms with Crippen molar-refractivity contribution in [2.24, 2.45) is 0 Å². The van der Waals surface area contributed by atoms with Crippen LogP contribution in [0.2, 0.25) is 0 Å². The summed E-state index contributed by atoms with van der Waals surface area (Å²) in [5.41, 5.74) is -0.0878. The first-order valence-corrected chi connectivity index (χ1v) is 9.75. The van der Waals surface area contributed by atoms with Gasteiger partial charge in [-0.2, -0.15) is 0 Å². The predicted octanol–water partition coefficient (Wildman–Crippen LogP) is 1.71. The van der Waals surface area contributed by atoms with Crippen LogP contribution in [0.25, 0.3) is 0 Å². The smallest absolute Gasteiger partial charge is 0.234 e. The fourth-order valence-electron chi connectivity index (χ4n) is 3.93. The zero-order chi connectivity index (χ0) is 18.4. The fourth-order valence-corrected chi connectivity index (χ4v) is 3.93. The van der Waals surface area contributed by atoms with Gasteiger partial charge in [0.05, 0.1) is 12.1 Å². The molecule has 1 aromatic rings. The summed E-state index contributed by atoms with van der Waals surface area (Å²) in [5, 5.41) is 13.8. The Kier molecular flexibility index (Phi) is 6.62. The number of amides is 1. The zero-order valence-corrected chi connectivity index (χ0v) is 15.4. The van der Waals surface area contributed by atoms with Crippen molar-refractivity contribution in [3.8, 4) is 0 Å². The molecule has 2 saturated heterocycles. The lowest BCUT2D eigenvalue weighted by molar-refractivity contribution is -0.122. The molecule has 2 aliphatic rings. The third kappa shape index (κ3) is 5.25. The summed E-state index contributed by atoms with van der Waals surface area (Å²) in [6.45, 7) is 5.55. The Bertz CT molecular complexity index is 579. The van der Waals surface area contributed by atoms with Gasteiger partial charge in [-0.15, -0.1) is 0 Å². The second kappa shape index (κ2) is 8.93. The van der Waals surface area contributed by atoms with Crippen molar-refractivity contribution >= 4 is 5.91 Å². The number of likely N-dealkylation sites (tertiary alicyclic amines) is 2. The molecule has 0 saturated carbocycles. The number of hydrogen-bond acceptors (Lipinski definition) is 4. The van der Waals surface area contributed by atoms with E-state index < -0.39 is 5.60 Å². The van der Waals surface area contributed by atoms with Crippen LogP contribution in [0.4, 0.5) is 4.39 Å². The topological polar surface area (TPSA) is 55.8 Å². The van der Waals surface area contributed by atoms with E-state index in [1.807, 2.05) is 0 Å². The van der Waals surface area contributed by atoms with Crippen LogP contribution < -0.4 is 5.32 Å². The summed E-state index contributed by atoms with van der Waals surface area (Å²) in [5.74, 6) is -0.179. The monoisotopic (exact) mass is 363 g/mol. The summed E-state index contributed by atoms with van der Waals surface area (Å²) in [6, 6.07) is 6.15. The average molecular weight is 363 g/mol. The Morgan fingerprint density at radius 3 is 2.35 bits per heavy atom. The van der Waals surface area contributed by atoms with Crippen molar-refractivity contribution in [3.63, 3.8) is 0 Å². The Morgan fingerprint density at radius 2 is 1.69 bits per heavy atom. The molecule has 0 atom stereocenters. The Morgan fingerprint density at radius 1 is 1.04 bits per heavy atom. The third-order valence-electron chi connectivity index (χ3n) is 5.63. The van der Waals surface area contributed by atoms with E-state index in [2.05, 4.69) is 15.1 Å². The molecule has 3 rings (SSSR count). The number of rotatable bonds is 6. The van der Waals surface area contributed by atoms with Crippen molar-refractivity contribution in [3.05, 3.63) is 35.6 Å². The lowest BCUT2D eigenvalue weighted by atomic mass is 9.84. The molecule has 6 heteroatoms. The number of hydrogen-bond donors (Lipinski definition) is 2. The van der Waals surface area contributed by atoms with Gasteiger partial charge in [-0.3, -0.25) is 9.69 Å². The molecule has 0 radical (unpaired) electrons. The molecular weight excluding hydrogens is 333 g/mol. The molecule has 2 heterocycles. The summed E-state index contributed by atoms with van der Waals surface area (Å²) in [4.78, 5) is 16.5. The van der Waals surface area contributed by atoms with Gasteiger partial charge in [0, 0.05) is 26.2 Å². The van der Waals surface area contributed by atoms with Crippen molar-refractivity contribution < 1.29 is 14.3 Å². The van der Waals surface area contributed by atoms with Crippen LogP contribution in [0.3, 0.4) is 0 Å². The molecule has 0 aliphatic carbocycles. The largest absolute Gasteiger partial charge is 0.385 e. The molecular formula is C20H30FN3O2. The second-order valence-corrected chi connectivity index (χ2v) is 7.57. The fraction of sp³-hybridized carbons (Fsp3) is 0.650. The number of nitrogens with zero attached hydrogens (tertiary/aromatic N) is 2. The molecule has 2 N–H and O–H groups in total. The minimum atomic E-state index is -0.873. The molecule has 26 heavy (non-hydrogen) atoms. The highest BCUT2D eigenvalue weighted by atomic mass is 19.1. The number of aliphatic hydroxyl groups is 1. The van der Waals surface area contributed by atoms with Gasteiger partial charge in [-0.25, -0.2) is 4.39 Å². The molecule has 0 aromatic heterocycles. The Labute approximate surface area is 155 Å². The van der Waals surface area contributed by atoms with Crippen molar-refractivity contribution in [2.75, 3.05) is 45.8 Å². The highest BCUT2D eigenvalue weighted by Crippen LogP contribution is 2.32. The maximum atomic E-state index is 13.1. The second-order valence-electron chi connectivity index (χ2n) is 7.57. The van der Waals surface area contributed by atoms with Gasteiger partial charge in [-0.05, 0) is 56.5 Å². The maximum absolute atomic E-state index is 13.1. The van der Waals surface area contributed by atoms with E-state index in [1.54, 1.807) is 12.1 Å². The summed E-state index contributed by atoms with van der Waals surface area (Å²) in [6.07, 6.45) is 4.91. The molecule has 1 aromatic carbocycles.